The molecule has 0 bridgehead atoms. The van der Waals surface area contributed by atoms with Gasteiger partial charge in [0, 0.05) is 5.56 Å². The first-order valence-corrected chi connectivity index (χ1v) is 6.46. The fourth-order valence-corrected chi connectivity index (χ4v) is 2.28. The Morgan fingerprint density at radius 2 is 2.20 bits per heavy atom. The van der Waals surface area contributed by atoms with Gasteiger partial charge in [-0.2, -0.15) is 0 Å². The molecule has 0 fully saturated rings. The lowest BCUT2D eigenvalue weighted by molar-refractivity contribution is -0.123. The molecular weight excluding hydrogens is 258 g/mol. The highest BCUT2D eigenvalue weighted by Crippen LogP contribution is 2.33. The Morgan fingerprint density at radius 1 is 1.35 bits per heavy atom. The fraction of sp³-hybridized carbons (Fsp3) is 0.267. The summed E-state index contributed by atoms with van der Waals surface area (Å²) in [5.41, 5.74) is 0.887. The molecule has 2 unspecified atom stereocenters. The molecular formula is C15H15NO4. The molecule has 0 aliphatic carbocycles. The number of fused-ring (bicyclic) bond motifs is 1. The van der Waals surface area contributed by atoms with E-state index in [2.05, 4.69) is 5.32 Å². The van der Waals surface area contributed by atoms with Gasteiger partial charge in [0.05, 0.1) is 12.8 Å². The maximum atomic E-state index is 12.1. The first-order chi connectivity index (χ1) is 9.75. The van der Waals surface area contributed by atoms with Gasteiger partial charge in [-0.3, -0.25) is 4.79 Å². The van der Waals surface area contributed by atoms with E-state index >= 15 is 0 Å². The van der Waals surface area contributed by atoms with E-state index in [1.807, 2.05) is 24.3 Å². The van der Waals surface area contributed by atoms with Gasteiger partial charge in [0.2, 0.25) is 5.91 Å². The van der Waals surface area contributed by atoms with Gasteiger partial charge in [0.25, 0.3) is 0 Å². The highest BCUT2D eigenvalue weighted by Gasteiger charge is 2.30. The molecule has 1 aromatic carbocycles. The summed E-state index contributed by atoms with van der Waals surface area (Å²) in [6.45, 7) is 0.451. The molecule has 104 valence electrons. The molecule has 1 aliphatic heterocycles. The lowest BCUT2D eigenvalue weighted by Gasteiger charge is -2.12. The first kappa shape index (κ1) is 12.7. The lowest BCUT2D eigenvalue weighted by atomic mass is 10.0. The van der Waals surface area contributed by atoms with Gasteiger partial charge in [-0.15, -0.1) is 0 Å². The van der Waals surface area contributed by atoms with Gasteiger partial charge in [-0.05, 0) is 18.2 Å². The van der Waals surface area contributed by atoms with Crippen LogP contribution in [0.2, 0.25) is 0 Å². The zero-order valence-electron chi connectivity index (χ0n) is 10.8. The molecule has 2 atom stereocenters. The molecule has 20 heavy (non-hydrogen) atoms. The molecule has 5 heteroatoms. The SMILES string of the molecule is O=C(NCC(O)c1ccco1)C1COc2ccccc21. The minimum Gasteiger partial charge on any atom is -0.492 e. The Morgan fingerprint density at radius 3 is 3.00 bits per heavy atom. The van der Waals surface area contributed by atoms with Crippen LogP contribution in [0.1, 0.15) is 23.3 Å². The highest BCUT2D eigenvalue weighted by molar-refractivity contribution is 5.85. The second-order valence-electron chi connectivity index (χ2n) is 4.68. The Hall–Kier alpha value is -2.27. The zero-order valence-corrected chi connectivity index (χ0v) is 10.8. The fourth-order valence-electron chi connectivity index (χ4n) is 2.28. The van der Waals surface area contributed by atoms with Gasteiger partial charge in [-0.25, -0.2) is 0 Å². The van der Waals surface area contributed by atoms with Crippen molar-refractivity contribution in [1.29, 1.82) is 0 Å². The maximum Gasteiger partial charge on any atom is 0.231 e. The zero-order chi connectivity index (χ0) is 13.9. The standard InChI is InChI=1S/C15H15NO4/c17-12(14-6-3-7-19-14)8-16-15(18)11-9-20-13-5-2-1-4-10(11)13/h1-7,11-12,17H,8-9H2,(H,16,18). The summed E-state index contributed by atoms with van der Waals surface area (Å²) >= 11 is 0. The summed E-state index contributed by atoms with van der Waals surface area (Å²) in [6, 6.07) is 10.9. The summed E-state index contributed by atoms with van der Waals surface area (Å²) in [4.78, 5) is 12.1. The predicted octanol–water partition coefficient (Wildman–Crippen LogP) is 1.61. The number of para-hydroxylation sites is 1. The third-order valence-corrected chi connectivity index (χ3v) is 3.36. The minimum atomic E-state index is -0.841. The van der Waals surface area contributed by atoms with Crippen LogP contribution in [0.25, 0.3) is 0 Å². The number of hydrogen-bond acceptors (Lipinski definition) is 4. The van der Waals surface area contributed by atoms with Crippen molar-refractivity contribution in [1.82, 2.24) is 5.32 Å². The van der Waals surface area contributed by atoms with E-state index in [9.17, 15) is 9.90 Å². The average molecular weight is 273 g/mol. The average Bonchev–Trinajstić information content (AvgIpc) is 3.13. The third kappa shape index (κ3) is 2.40. The number of furan rings is 1. The molecule has 2 N–H and O–H groups in total. The number of aliphatic hydroxyl groups excluding tert-OH is 1. The molecule has 0 saturated heterocycles. The molecule has 2 aromatic rings. The normalized spacial score (nSPS) is 18.1. The van der Waals surface area contributed by atoms with Crippen LogP contribution >= 0.6 is 0 Å². The van der Waals surface area contributed by atoms with E-state index in [-0.39, 0.29) is 18.4 Å². The molecule has 1 aliphatic rings. The summed E-state index contributed by atoms with van der Waals surface area (Å²) in [7, 11) is 0. The third-order valence-electron chi connectivity index (χ3n) is 3.36. The number of nitrogens with one attached hydrogen (secondary N) is 1. The summed E-state index contributed by atoms with van der Waals surface area (Å²) in [5.74, 6) is 0.711. The monoisotopic (exact) mass is 273 g/mol. The summed E-state index contributed by atoms with van der Waals surface area (Å²) in [6.07, 6.45) is 0.646. The number of rotatable bonds is 4. The quantitative estimate of drug-likeness (QED) is 0.887. The number of aliphatic hydroxyl groups is 1. The van der Waals surface area contributed by atoms with E-state index in [4.69, 9.17) is 9.15 Å². The number of ether oxygens (including phenoxy) is 1. The number of benzene rings is 1. The van der Waals surface area contributed by atoms with Gasteiger partial charge in [0.1, 0.15) is 30.1 Å². The predicted molar refractivity (Wildman–Crippen MR) is 71.4 cm³/mol. The van der Waals surface area contributed by atoms with Crippen molar-refractivity contribution in [2.75, 3.05) is 13.2 Å². The van der Waals surface area contributed by atoms with Crippen LogP contribution in [0.5, 0.6) is 5.75 Å². The van der Waals surface area contributed by atoms with Crippen LogP contribution in [0.3, 0.4) is 0 Å². The summed E-state index contributed by atoms with van der Waals surface area (Å²) < 4.78 is 10.6. The van der Waals surface area contributed by atoms with Crippen molar-refractivity contribution in [3.05, 3.63) is 54.0 Å². The van der Waals surface area contributed by atoms with Crippen molar-refractivity contribution in [2.24, 2.45) is 0 Å². The number of hydrogen-bond donors (Lipinski definition) is 2. The van der Waals surface area contributed by atoms with Crippen molar-refractivity contribution < 1.29 is 19.1 Å². The Bertz CT molecular complexity index is 594. The van der Waals surface area contributed by atoms with Crippen molar-refractivity contribution in [2.45, 2.75) is 12.0 Å². The number of carbonyl (C=O) groups excluding carboxylic acids is 1. The van der Waals surface area contributed by atoms with E-state index in [1.54, 1.807) is 12.1 Å². The molecule has 5 nitrogen and oxygen atoms in total. The second-order valence-corrected chi connectivity index (χ2v) is 4.68. The molecule has 1 aromatic heterocycles. The summed E-state index contributed by atoms with van der Waals surface area (Å²) in [5, 5.41) is 12.6. The smallest absolute Gasteiger partial charge is 0.231 e. The minimum absolute atomic E-state index is 0.116. The maximum absolute atomic E-state index is 12.1. The van der Waals surface area contributed by atoms with Gasteiger partial charge < -0.3 is 19.6 Å². The van der Waals surface area contributed by atoms with Crippen LogP contribution < -0.4 is 10.1 Å². The Balaban J connectivity index is 1.61. The first-order valence-electron chi connectivity index (χ1n) is 6.46. The van der Waals surface area contributed by atoms with Gasteiger partial charge >= 0.3 is 0 Å². The highest BCUT2D eigenvalue weighted by atomic mass is 16.5. The molecule has 2 heterocycles. The number of carbonyl (C=O) groups is 1. The second kappa shape index (κ2) is 5.38. The van der Waals surface area contributed by atoms with Gasteiger partial charge in [0.15, 0.2) is 0 Å². The molecule has 0 spiro atoms. The molecule has 0 radical (unpaired) electrons. The molecule has 1 amide bonds. The van der Waals surface area contributed by atoms with Crippen LogP contribution in [0.4, 0.5) is 0 Å². The molecule has 3 rings (SSSR count). The Kier molecular flexibility index (Phi) is 3.43. The number of amides is 1. The largest absolute Gasteiger partial charge is 0.492 e. The van der Waals surface area contributed by atoms with Crippen LogP contribution in [-0.2, 0) is 4.79 Å². The van der Waals surface area contributed by atoms with E-state index in [1.165, 1.54) is 6.26 Å². The lowest BCUT2D eigenvalue weighted by Crippen LogP contribution is -2.33. The molecule has 0 saturated carbocycles. The van der Waals surface area contributed by atoms with E-state index in [0.29, 0.717) is 12.4 Å². The van der Waals surface area contributed by atoms with Crippen molar-refractivity contribution in [3.63, 3.8) is 0 Å². The van der Waals surface area contributed by atoms with Crippen LogP contribution in [-0.4, -0.2) is 24.2 Å². The Labute approximate surface area is 116 Å². The van der Waals surface area contributed by atoms with Crippen molar-refractivity contribution in [3.8, 4) is 5.75 Å². The van der Waals surface area contributed by atoms with E-state index < -0.39 is 6.10 Å². The van der Waals surface area contributed by atoms with Crippen molar-refractivity contribution >= 4 is 5.91 Å². The topological polar surface area (TPSA) is 71.7 Å². The van der Waals surface area contributed by atoms with E-state index in [0.717, 1.165) is 11.3 Å². The van der Waals surface area contributed by atoms with Crippen LogP contribution in [0.15, 0.2) is 47.1 Å². The van der Waals surface area contributed by atoms with Gasteiger partial charge in [-0.1, -0.05) is 18.2 Å². The van der Waals surface area contributed by atoms with Crippen LogP contribution in [0, 0.1) is 0 Å².